The zero-order valence-corrected chi connectivity index (χ0v) is 67.0. The van der Waals surface area contributed by atoms with Crippen LogP contribution in [0.5, 0.6) is 0 Å². The van der Waals surface area contributed by atoms with Gasteiger partial charge in [-0.25, -0.2) is 4.79 Å². The molecule has 0 aliphatic rings. The van der Waals surface area contributed by atoms with Crippen LogP contribution in [-0.2, 0) is 89.6 Å². The molecule has 14 atom stereocenters. The topological polar surface area (TPSA) is 652 Å². The Morgan fingerprint density at radius 3 is 1.47 bits per heavy atom. The maximum Gasteiger partial charge on any atom is 0.326 e. The molecule has 14 amide bonds. The molecule has 0 saturated carbocycles. The van der Waals surface area contributed by atoms with Crippen LogP contribution in [0.2, 0.25) is 0 Å². The molecule has 0 aliphatic heterocycles. The Bertz CT molecular complexity index is 3790. The number of aliphatic carboxylic acids is 2. The van der Waals surface area contributed by atoms with Crippen molar-refractivity contribution in [1.29, 1.82) is 5.41 Å². The summed E-state index contributed by atoms with van der Waals surface area (Å²) < 4.78 is 0. The summed E-state index contributed by atoms with van der Waals surface area (Å²) in [6.45, 7) is 14.1. The van der Waals surface area contributed by atoms with Gasteiger partial charge in [0, 0.05) is 49.3 Å². The van der Waals surface area contributed by atoms with Crippen LogP contribution in [0.4, 0.5) is 0 Å². The van der Waals surface area contributed by atoms with E-state index in [1.54, 1.807) is 102 Å². The summed E-state index contributed by atoms with van der Waals surface area (Å²) >= 11 is 0. The van der Waals surface area contributed by atoms with Crippen molar-refractivity contribution >= 4 is 112 Å². The molecule has 3 aromatic rings. The SMILES string of the molecule is CC[C@H](C)[C@H](NC(=O)[C@H](Cc1ccccc1)NC(=O)[C@H](CCC(=O)O)NC(=O)[C@H](CCCCN)NC(=O)[C@H](C)NC(=O)[C@H](C)NC(=O)[C@@H](N)CCC(N)=O)C(=O)N[C@@H](C)C(=O)N[C@@H](Cc1c[nH]c2ccccc12)C(=O)N[C@@H](CC(C)C)C(=O)N[C@H](C(=O)N[C@@H](CCCCN)C(=O)NCC(=O)N[C@@H](CCCNC(=N)N)C(=O)O)C(C)C. The number of nitrogens with two attached hydrogens (primary N) is 5. The third-order valence-electron chi connectivity index (χ3n) is 18.8. The molecule has 3 rings (SSSR count). The first-order chi connectivity index (χ1) is 54.3. The summed E-state index contributed by atoms with van der Waals surface area (Å²) in [7, 11) is 0. The molecular weight excluding hydrogens is 1490 g/mol. The second-order valence-corrected chi connectivity index (χ2v) is 29.3. The van der Waals surface area contributed by atoms with Gasteiger partial charge in [-0.15, -0.1) is 0 Å². The van der Waals surface area contributed by atoms with E-state index in [0.29, 0.717) is 41.3 Å². The molecule has 39 nitrogen and oxygen atoms in total. The van der Waals surface area contributed by atoms with Gasteiger partial charge in [0.25, 0.3) is 0 Å². The van der Waals surface area contributed by atoms with Gasteiger partial charge < -0.3 is 118 Å². The number of unbranched alkanes of at least 4 members (excludes halogenated alkanes) is 2. The van der Waals surface area contributed by atoms with E-state index in [9.17, 15) is 86.9 Å². The average Bonchev–Trinajstić information content (AvgIpc) is 1.74. The number of hydrogen-bond acceptors (Lipinski definition) is 20. The lowest BCUT2D eigenvalue weighted by atomic mass is 9.96. The number of carboxylic acid groups (broad SMARTS) is 2. The number of benzene rings is 2. The minimum absolute atomic E-state index is 0.00458. The van der Waals surface area contributed by atoms with E-state index in [1.165, 1.54) is 20.8 Å². The Labute approximate surface area is 668 Å². The molecule has 0 bridgehead atoms. The highest BCUT2D eigenvalue weighted by Gasteiger charge is 2.38. The summed E-state index contributed by atoms with van der Waals surface area (Å²) in [5.74, 6) is -16.6. The van der Waals surface area contributed by atoms with Crippen LogP contribution >= 0.6 is 0 Å². The van der Waals surface area contributed by atoms with Gasteiger partial charge >= 0.3 is 11.9 Å². The molecule has 0 aliphatic carbocycles. The number of carboxylic acids is 2. The molecule has 115 heavy (non-hydrogen) atoms. The Hall–Kier alpha value is -11.3. The first kappa shape index (κ1) is 97.8. The van der Waals surface area contributed by atoms with E-state index >= 15 is 0 Å². The number of hydrogen-bond donors (Lipinski definition) is 23. The van der Waals surface area contributed by atoms with E-state index in [1.807, 2.05) is 0 Å². The smallest absolute Gasteiger partial charge is 0.326 e. The number of rotatable bonds is 54. The monoisotopic (exact) mass is 1620 g/mol. The zero-order chi connectivity index (χ0) is 86.2. The van der Waals surface area contributed by atoms with E-state index in [-0.39, 0.29) is 102 Å². The van der Waals surface area contributed by atoms with Gasteiger partial charge in [0.05, 0.1) is 12.6 Å². The van der Waals surface area contributed by atoms with Crippen LogP contribution in [0, 0.1) is 23.2 Å². The van der Waals surface area contributed by atoms with Crippen molar-refractivity contribution < 1.29 is 86.9 Å². The number of guanidine groups is 1. The molecule has 0 saturated heterocycles. The normalized spacial score (nSPS) is 14.8. The number of primary amides is 1. The summed E-state index contributed by atoms with van der Waals surface area (Å²) in [6.07, 6.45) is 1.62. The largest absolute Gasteiger partial charge is 0.481 e. The van der Waals surface area contributed by atoms with Gasteiger partial charge in [0.15, 0.2) is 5.96 Å². The molecule has 2 aromatic carbocycles. The second-order valence-electron chi connectivity index (χ2n) is 29.3. The van der Waals surface area contributed by atoms with E-state index in [2.05, 4.69) is 79.4 Å². The number of carbonyl (C=O) groups is 16. The number of aromatic nitrogens is 1. The van der Waals surface area contributed by atoms with Gasteiger partial charge in [-0.05, 0) is 139 Å². The fourth-order valence-corrected chi connectivity index (χ4v) is 11.9. The van der Waals surface area contributed by atoms with E-state index < -0.39 is 204 Å². The third kappa shape index (κ3) is 35.7. The molecule has 39 heteroatoms. The summed E-state index contributed by atoms with van der Waals surface area (Å²) in [5, 5.41) is 63.6. The van der Waals surface area contributed by atoms with Crippen molar-refractivity contribution in [3.05, 3.63) is 71.9 Å². The predicted molar refractivity (Wildman–Crippen MR) is 425 cm³/mol. The number of carbonyl (C=O) groups excluding carboxylic acids is 14. The van der Waals surface area contributed by atoms with Crippen LogP contribution in [0.15, 0.2) is 60.8 Å². The molecule has 0 spiro atoms. The van der Waals surface area contributed by atoms with Crippen LogP contribution in [0.1, 0.15) is 163 Å². The highest BCUT2D eigenvalue weighted by Crippen LogP contribution is 2.21. The maximum absolute atomic E-state index is 14.9. The summed E-state index contributed by atoms with van der Waals surface area (Å²) in [4.78, 5) is 221. The highest BCUT2D eigenvalue weighted by molar-refractivity contribution is 6.00. The minimum atomic E-state index is -1.68. The molecule has 1 heterocycles. The zero-order valence-electron chi connectivity index (χ0n) is 67.0. The number of fused-ring (bicyclic) bond motifs is 1. The number of amides is 14. The third-order valence-corrected chi connectivity index (χ3v) is 18.8. The molecule has 0 unspecified atom stereocenters. The molecule has 638 valence electrons. The van der Waals surface area contributed by atoms with Crippen molar-refractivity contribution in [2.75, 3.05) is 26.2 Å². The van der Waals surface area contributed by atoms with E-state index in [4.69, 9.17) is 34.1 Å². The molecular formula is C76H121N21O18. The predicted octanol–water partition coefficient (Wildman–Crippen LogP) is -3.24. The lowest BCUT2D eigenvalue weighted by Crippen LogP contribution is -2.61. The van der Waals surface area contributed by atoms with Crippen molar-refractivity contribution in [2.24, 2.45) is 46.4 Å². The van der Waals surface area contributed by atoms with E-state index in [0.717, 1.165) is 0 Å². The first-order valence-corrected chi connectivity index (χ1v) is 38.8. The summed E-state index contributed by atoms with van der Waals surface area (Å²) in [5.41, 5.74) is 29.5. The maximum atomic E-state index is 14.9. The van der Waals surface area contributed by atoms with Crippen LogP contribution < -0.4 is 103 Å². The quantitative estimate of drug-likeness (QED) is 0.0150. The van der Waals surface area contributed by atoms with Gasteiger partial charge in [0.2, 0.25) is 82.7 Å². The Balaban J connectivity index is 1.93. The molecule has 1 aromatic heterocycles. The first-order valence-electron chi connectivity index (χ1n) is 38.8. The number of aromatic amines is 1. The van der Waals surface area contributed by atoms with Crippen molar-refractivity contribution in [3.8, 4) is 0 Å². The van der Waals surface area contributed by atoms with Gasteiger partial charge in [-0.1, -0.05) is 96.5 Å². The minimum Gasteiger partial charge on any atom is -0.481 e. The second kappa shape index (κ2) is 50.7. The number of para-hydroxylation sites is 1. The Morgan fingerprint density at radius 1 is 0.452 bits per heavy atom. The van der Waals surface area contributed by atoms with Crippen LogP contribution in [0.3, 0.4) is 0 Å². The lowest BCUT2D eigenvalue weighted by Gasteiger charge is -2.30. The van der Waals surface area contributed by atoms with Gasteiger partial charge in [-0.3, -0.25) is 77.3 Å². The molecule has 28 N–H and O–H groups in total. The highest BCUT2D eigenvalue weighted by atomic mass is 16.4. The Morgan fingerprint density at radius 2 is 0.913 bits per heavy atom. The lowest BCUT2D eigenvalue weighted by molar-refractivity contribution is -0.142. The fraction of sp³-hybridized carbons (Fsp3) is 0.592. The van der Waals surface area contributed by atoms with Crippen molar-refractivity contribution in [2.45, 2.75) is 244 Å². The molecule has 0 radical (unpaired) electrons. The standard InChI is InChI=1S/C76H121N21O18/c1-10-42(6)62(97-72(111)56(36-46-21-12-11-13-22-46)95-69(108)53(29-31-60(100)101)91-68(107)52(26-17-19-33-78)90-64(103)44(8)86-63(102)43(7)87-66(105)49(79)28-30-58(80)98)74(113)88-45(9)65(104)93-57(37-47-38-84-50-24-15-14-23-48(47)50)70(109)94-55(35-40(2)3)71(110)96-61(41(4)5)73(112)92-51(25-16-18-32-77)67(106)85-39-59(99)89-54(75(114)115)27-20-34-83-76(81)82/h11-15,21-24,38,40-45,49,51-57,61-62,84H,10,16-20,25-37,39,77-79H2,1-9H3,(H2,80,98)(H,85,106)(H,86,102)(H,87,105)(H,88,113)(H,89,99)(H,90,103)(H,91,107)(H,92,112)(H,93,104)(H,94,109)(H,95,108)(H,96,110)(H,97,111)(H,100,101)(H,114,115)(H4,81,82,83)/t42-,43-,44-,45-,49-,51-,52-,53-,54-,55-,56-,57-,61-,62-/m0/s1. The van der Waals surface area contributed by atoms with Crippen LogP contribution in [0.25, 0.3) is 10.9 Å². The van der Waals surface area contributed by atoms with Gasteiger partial charge in [-0.2, -0.15) is 0 Å². The number of H-pyrrole nitrogens is 1. The van der Waals surface area contributed by atoms with Crippen molar-refractivity contribution in [1.82, 2.24) is 79.4 Å². The van der Waals surface area contributed by atoms with Gasteiger partial charge in [0.1, 0.15) is 72.5 Å². The van der Waals surface area contributed by atoms with Crippen LogP contribution in [-0.4, -0.2) is 221 Å². The average molecular weight is 1620 g/mol. The van der Waals surface area contributed by atoms with Crippen molar-refractivity contribution in [3.63, 3.8) is 0 Å². The molecule has 0 fully saturated rings. The Kier molecular flexibility index (Phi) is 43.1. The summed E-state index contributed by atoms with van der Waals surface area (Å²) in [6, 6.07) is -2.54. The fourth-order valence-electron chi connectivity index (χ4n) is 11.9. The number of nitrogens with one attached hydrogen (secondary N) is 16.